The predicted octanol–water partition coefficient (Wildman–Crippen LogP) is 3.66. The van der Waals surface area contributed by atoms with Crippen LogP contribution in [-0.4, -0.2) is 30.5 Å². The molecular weight excluding hydrogens is 378 g/mol. The van der Waals surface area contributed by atoms with Gasteiger partial charge in [0.15, 0.2) is 6.54 Å². The summed E-state index contributed by atoms with van der Waals surface area (Å²) in [6, 6.07) is 14.0. The normalized spacial score (nSPS) is 19.9. The van der Waals surface area contributed by atoms with Crippen LogP contribution < -0.4 is 10.2 Å². The second-order valence-corrected chi connectivity index (χ2v) is 8.74. The Morgan fingerprint density at radius 1 is 1.33 bits per heavy atom. The van der Waals surface area contributed by atoms with Crippen molar-refractivity contribution >= 4 is 44.7 Å². The molecular formula is C21H23ClN3OS+. The third-order valence-corrected chi connectivity index (χ3v) is 6.60. The fourth-order valence-electron chi connectivity index (χ4n) is 3.73. The molecule has 0 bridgehead atoms. The van der Waals surface area contributed by atoms with Crippen molar-refractivity contribution in [3.05, 3.63) is 58.1 Å². The van der Waals surface area contributed by atoms with E-state index in [1.54, 1.807) is 11.3 Å². The maximum Gasteiger partial charge on any atom is 0.279 e. The van der Waals surface area contributed by atoms with Gasteiger partial charge < -0.3 is 10.2 Å². The lowest BCUT2D eigenvalue weighted by atomic mass is 9.99. The molecule has 1 amide bonds. The highest BCUT2D eigenvalue weighted by atomic mass is 35.5. The first-order chi connectivity index (χ1) is 13.1. The number of piperidine rings is 1. The van der Waals surface area contributed by atoms with Crippen LogP contribution in [0.3, 0.4) is 0 Å². The van der Waals surface area contributed by atoms with E-state index in [9.17, 15) is 4.79 Å². The molecule has 1 aliphatic rings. The van der Waals surface area contributed by atoms with Crippen molar-refractivity contribution in [1.29, 1.82) is 0 Å². The molecule has 4 nitrogen and oxygen atoms in total. The van der Waals surface area contributed by atoms with Gasteiger partial charge in [-0.2, -0.15) is 0 Å². The standard InChI is InChI=1S/C21H22ClN3OS/c1-14-8-9-17(16(22)11-14)23-20(26)13-25-10-4-5-15(12-25)21-24-18-6-2-3-7-19(18)27-21/h2-3,6-9,11,15H,4-5,10,12-13H2,1H3,(H,23,26)/p+1/t15-/m1/s1. The topological polar surface area (TPSA) is 46.4 Å². The summed E-state index contributed by atoms with van der Waals surface area (Å²) in [6.45, 7) is 4.43. The summed E-state index contributed by atoms with van der Waals surface area (Å²) in [4.78, 5) is 18.6. The van der Waals surface area contributed by atoms with Crippen LogP contribution in [-0.2, 0) is 4.79 Å². The summed E-state index contributed by atoms with van der Waals surface area (Å²) in [7, 11) is 0. The largest absolute Gasteiger partial charge is 0.327 e. The molecule has 1 aromatic heterocycles. The predicted molar refractivity (Wildman–Crippen MR) is 112 cm³/mol. The first-order valence-electron chi connectivity index (χ1n) is 9.33. The average Bonchev–Trinajstić information content (AvgIpc) is 3.08. The molecule has 140 valence electrons. The maximum absolute atomic E-state index is 12.5. The lowest BCUT2D eigenvalue weighted by molar-refractivity contribution is -0.898. The number of anilines is 1. The molecule has 1 aliphatic heterocycles. The second kappa shape index (κ2) is 7.97. The Balaban J connectivity index is 1.40. The lowest BCUT2D eigenvalue weighted by Crippen LogP contribution is -3.14. The van der Waals surface area contributed by atoms with Gasteiger partial charge in [0.2, 0.25) is 0 Å². The van der Waals surface area contributed by atoms with Crippen LogP contribution in [0, 0.1) is 6.92 Å². The van der Waals surface area contributed by atoms with Gasteiger partial charge in [-0.15, -0.1) is 11.3 Å². The Bertz CT molecular complexity index is 938. The van der Waals surface area contributed by atoms with Crippen molar-refractivity contribution in [2.45, 2.75) is 25.7 Å². The molecule has 1 saturated heterocycles. The van der Waals surface area contributed by atoms with Gasteiger partial charge in [-0.25, -0.2) is 4.98 Å². The zero-order chi connectivity index (χ0) is 18.8. The molecule has 2 atom stereocenters. The highest BCUT2D eigenvalue weighted by Gasteiger charge is 2.28. The highest BCUT2D eigenvalue weighted by Crippen LogP contribution is 2.30. The minimum absolute atomic E-state index is 0.0145. The minimum atomic E-state index is 0.0145. The zero-order valence-electron chi connectivity index (χ0n) is 15.3. The molecule has 27 heavy (non-hydrogen) atoms. The summed E-state index contributed by atoms with van der Waals surface area (Å²) in [6.07, 6.45) is 2.27. The number of aryl methyl sites for hydroxylation is 1. The number of nitrogens with zero attached hydrogens (tertiary/aromatic N) is 1. The van der Waals surface area contributed by atoms with Gasteiger partial charge in [0.05, 0.1) is 39.9 Å². The molecule has 0 spiro atoms. The Morgan fingerprint density at radius 3 is 3.00 bits per heavy atom. The monoisotopic (exact) mass is 400 g/mol. The molecule has 0 aliphatic carbocycles. The van der Waals surface area contributed by atoms with E-state index in [1.807, 2.05) is 31.2 Å². The fourth-order valence-corrected chi connectivity index (χ4v) is 5.11. The molecule has 2 N–H and O–H groups in total. The van der Waals surface area contributed by atoms with Crippen molar-refractivity contribution in [3.8, 4) is 0 Å². The average molecular weight is 401 g/mol. The Kier molecular flexibility index (Phi) is 5.43. The third-order valence-electron chi connectivity index (χ3n) is 5.09. The summed E-state index contributed by atoms with van der Waals surface area (Å²) in [5, 5.41) is 4.75. The Labute approximate surface area is 168 Å². The van der Waals surface area contributed by atoms with Gasteiger partial charge in [0.1, 0.15) is 5.01 Å². The minimum Gasteiger partial charge on any atom is -0.327 e. The number of aromatic nitrogens is 1. The quantitative estimate of drug-likeness (QED) is 0.702. The number of carbonyl (C=O) groups is 1. The van der Waals surface area contributed by atoms with E-state index in [4.69, 9.17) is 16.6 Å². The number of halogens is 1. The first kappa shape index (κ1) is 18.4. The molecule has 3 aromatic rings. The SMILES string of the molecule is Cc1ccc(NC(=O)C[NH+]2CCC[C@@H](c3nc4ccccc4s3)C2)c(Cl)c1. The number of thiazole rings is 1. The Morgan fingerprint density at radius 2 is 2.19 bits per heavy atom. The van der Waals surface area contributed by atoms with E-state index in [1.165, 1.54) is 14.6 Å². The van der Waals surface area contributed by atoms with Crippen LogP contribution in [0.15, 0.2) is 42.5 Å². The second-order valence-electron chi connectivity index (χ2n) is 7.27. The van der Waals surface area contributed by atoms with Gasteiger partial charge in [-0.05, 0) is 49.6 Å². The molecule has 1 fully saturated rings. The summed E-state index contributed by atoms with van der Waals surface area (Å²) < 4.78 is 1.24. The van der Waals surface area contributed by atoms with Crippen LogP contribution in [0.25, 0.3) is 10.2 Å². The van der Waals surface area contributed by atoms with Gasteiger partial charge in [0, 0.05) is 0 Å². The molecule has 2 aromatic carbocycles. The van der Waals surface area contributed by atoms with E-state index < -0.39 is 0 Å². The number of para-hydroxylation sites is 1. The zero-order valence-corrected chi connectivity index (χ0v) is 16.9. The number of quaternary nitrogens is 1. The summed E-state index contributed by atoms with van der Waals surface area (Å²) in [5.74, 6) is 0.447. The number of benzene rings is 2. The number of carbonyl (C=O) groups excluding carboxylic acids is 1. The number of hydrogen-bond acceptors (Lipinski definition) is 3. The fraction of sp³-hybridized carbons (Fsp3) is 0.333. The van der Waals surface area contributed by atoms with Gasteiger partial charge in [-0.1, -0.05) is 29.8 Å². The van der Waals surface area contributed by atoms with Gasteiger partial charge in [0.25, 0.3) is 5.91 Å². The number of nitrogens with one attached hydrogen (secondary N) is 2. The summed E-state index contributed by atoms with van der Waals surface area (Å²) >= 11 is 8.02. The smallest absolute Gasteiger partial charge is 0.279 e. The molecule has 0 radical (unpaired) electrons. The van der Waals surface area contributed by atoms with Crippen LogP contribution in [0.5, 0.6) is 0 Å². The maximum atomic E-state index is 12.5. The van der Waals surface area contributed by atoms with Gasteiger partial charge >= 0.3 is 0 Å². The number of fused-ring (bicyclic) bond motifs is 1. The van der Waals surface area contributed by atoms with E-state index in [-0.39, 0.29) is 5.91 Å². The van der Waals surface area contributed by atoms with E-state index >= 15 is 0 Å². The molecule has 6 heteroatoms. The van der Waals surface area contributed by atoms with Crippen molar-refractivity contribution in [1.82, 2.24) is 4.98 Å². The van der Waals surface area contributed by atoms with Crippen LogP contribution in [0.2, 0.25) is 5.02 Å². The highest BCUT2D eigenvalue weighted by molar-refractivity contribution is 7.18. The van der Waals surface area contributed by atoms with Crippen molar-refractivity contribution < 1.29 is 9.69 Å². The van der Waals surface area contributed by atoms with E-state index in [0.717, 1.165) is 37.0 Å². The number of hydrogen-bond donors (Lipinski definition) is 2. The van der Waals surface area contributed by atoms with Crippen LogP contribution >= 0.6 is 22.9 Å². The van der Waals surface area contributed by atoms with Crippen molar-refractivity contribution in [3.63, 3.8) is 0 Å². The van der Waals surface area contributed by atoms with Crippen LogP contribution in [0.4, 0.5) is 5.69 Å². The number of rotatable bonds is 4. The van der Waals surface area contributed by atoms with E-state index in [0.29, 0.717) is 23.2 Å². The Hall–Kier alpha value is -1.95. The first-order valence-corrected chi connectivity index (χ1v) is 10.5. The molecule has 4 rings (SSSR count). The molecule has 1 unspecified atom stereocenters. The van der Waals surface area contributed by atoms with Crippen molar-refractivity contribution in [2.24, 2.45) is 0 Å². The lowest BCUT2D eigenvalue weighted by Gasteiger charge is -2.28. The van der Waals surface area contributed by atoms with Crippen molar-refractivity contribution in [2.75, 3.05) is 25.0 Å². The number of likely N-dealkylation sites (tertiary alicyclic amines) is 1. The van der Waals surface area contributed by atoms with E-state index in [2.05, 4.69) is 23.5 Å². The molecule has 0 saturated carbocycles. The van der Waals surface area contributed by atoms with Gasteiger partial charge in [-0.3, -0.25) is 4.79 Å². The number of amides is 1. The summed E-state index contributed by atoms with van der Waals surface area (Å²) in [5.41, 5.74) is 2.85. The van der Waals surface area contributed by atoms with Crippen LogP contribution in [0.1, 0.15) is 29.3 Å². The third kappa shape index (κ3) is 4.32. The molecule has 2 heterocycles.